The van der Waals surface area contributed by atoms with Gasteiger partial charge in [-0.3, -0.25) is 4.79 Å². The highest BCUT2D eigenvalue weighted by molar-refractivity contribution is 7.99. The summed E-state index contributed by atoms with van der Waals surface area (Å²) in [5.74, 6) is 1.15. The summed E-state index contributed by atoms with van der Waals surface area (Å²) in [5, 5.41) is 9.54. The summed E-state index contributed by atoms with van der Waals surface area (Å²) in [6, 6.07) is 7.25. The Morgan fingerprint density at radius 2 is 2.06 bits per heavy atom. The Balaban J connectivity index is 2.67. The predicted molar refractivity (Wildman–Crippen MR) is 74.3 cm³/mol. The fraction of sp³-hybridized carbons (Fsp3) is 0.417. The van der Waals surface area contributed by atoms with Crippen molar-refractivity contribution in [3.63, 3.8) is 0 Å². The SMILES string of the molecule is CCSCCN(CC(=O)O)c1ccc(Cl)cc1. The van der Waals surface area contributed by atoms with Gasteiger partial charge >= 0.3 is 5.97 Å². The van der Waals surface area contributed by atoms with E-state index >= 15 is 0 Å². The first-order chi connectivity index (χ1) is 8.13. The molecule has 0 heterocycles. The molecule has 0 bridgehead atoms. The molecular formula is C12H16ClNO2S. The van der Waals surface area contributed by atoms with Gasteiger partial charge in [-0.2, -0.15) is 11.8 Å². The van der Waals surface area contributed by atoms with Crippen LogP contribution in [-0.4, -0.2) is 35.7 Å². The lowest BCUT2D eigenvalue weighted by Gasteiger charge is -2.22. The first-order valence-electron chi connectivity index (χ1n) is 5.43. The van der Waals surface area contributed by atoms with E-state index in [9.17, 15) is 4.79 Å². The molecule has 1 aromatic carbocycles. The number of carbonyl (C=O) groups is 1. The maximum atomic E-state index is 10.8. The van der Waals surface area contributed by atoms with Crippen molar-refractivity contribution in [1.29, 1.82) is 0 Å². The smallest absolute Gasteiger partial charge is 0.323 e. The standard InChI is InChI=1S/C12H16ClNO2S/c1-2-17-8-7-14(9-12(15)16)11-5-3-10(13)4-6-11/h3-6H,2,7-9H2,1H3,(H,15,16). The van der Waals surface area contributed by atoms with Crippen LogP contribution in [0.4, 0.5) is 5.69 Å². The lowest BCUT2D eigenvalue weighted by molar-refractivity contribution is -0.135. The van der Waals surface area contributed by atoms with Gasteiger partial charge in [0.25, 0.3) is 0 Å². The van der Waals surface area contributed by atoms with Gasteiger partial charge in [0.2, 0.25) is 0 Å². The predicted octanol–water partition coefficient (Wildman–Crippen LogP) is 2.98. The van der Waals surface area contributed by atoms with Crippen molar-refractivity contribution in [2.75, 3.05) is 29.5 Å². The second-order valence-corrected chi connectivity index (χ2v) is 5.32. The van der Waals surface area contributed by atoms with E-state index in [0.29, 0.717) is 5.02 Å². The van der Waals surface area contributed by atoms with Gasteiger partial charge < -0.3 is 10.0 Å². The van der Waals surface area contributed by atoms with Crippen LogP contribution < -0.4 is 4.90 Å². The fourth-order valence-electron chi connectivity index (χ4n) is 1.43. The van der Waals surface area contributed by atoms with E-state index in [1.807, 2.05) is 17.0 Å². The Morgan fingerprint density at radius 3 is 2.59 bits per heavy atom. The molecule has 0 unspecified atom stereocenters. The maximum absolute atomic E-state index is 10.8. The van der Waals surface area contributed by atoms with Crippen LogP contribution in [0.5, 0.6) is 0 Å². The monoisotopic (exact) mass is 273 g/mol. The number of hydrogen-bond acceptors (Lipinski definition) is 3. The Labute approximate surface area is 111 Å². The molecule has 0 aliphatic rings. The van der Waals surface area contributed by atoms with Crippen LogP contribution in [0.2, 0.25) is 5.02 Å². The third-order valence-corrected chi connectivity index (χ3v) is 3.36. The minimum Gasteiger partial charge on any atom is -0.480 e. The van der Waals surface area contributed by atoms with E-state index in [4.69, 9.17) is 16.7 Å². The van der Waals surface area contributed by atoms with Gasteiger partial charge in [0, 0.05) is 23.0 Å². The Kier molecular flexibility index (Phi) is 6.22. The third kappa shape index (κ3) is 5.33. The summed E-state index contributed by atoms with van der Waals surface area (Å²) in [7, 11) is 0. The molecule has 1 aromatic rings. The summed E-state index contributed by atoms with van der Waals surface area (Å²) in [4.78, 5) is 12.7. The van der Waals surface area contributed by atoms with Gasteiger partial charge in [-0.1, -0.05) is 18.5 Å². The van der Waals surface area contributed by atoms with Crippen molar-refractivity contribution in [1.82, 2.24) is 0 Å². The number of benzene rings is 1. The molecule has 0 spiro atoms. The molecule has 0 atom stereocenters. The molecule has 94 valence electrons. The summed E-state index contributed by atoms with van der Waals surface area (Å²) < 4.78 is 0. The van der Waals surface area contributed by atoms with Gasteiger partial charge in [0.05, 0.1) is 0 Å². The number of rotatable bonds is 7. The van der Waals surface area contributed by atoms with Crippen molar-refractivity contribution in [3.8, 4) is 0 Å². The second-order valence-electron chi connectivity index (χ2n) is 3.49. The van der Waals surface area contributed by atoms with E-state index < -0.39 is 5.97 Å². The number of anilines is 1. The van der Waals surface area contributed by atoms with Crippen LogP contribution in [0.3, 0.4) is 0 Å². The highest BCUT2D eigenvalue weighted by atomic mass is 35.5. The average molecular weight is 274 g/mol. The maximum Gasteiger partial charge on any atom is 0.323 e. The van der Waals surface area contributed by atoms with Gasteiger partial charge in [-0.25, -0.2) is 0 Å². The normalized spacial score (nSPS) is 10.2. The lowest BCUT2D eigenvalue weighted by Crippen LogP contribution is -2.31. The average Bonchev–Trinajstić information content (AvgIpc) is 2.28. The Morgan fingerprint density at radius 1 is 1.41 bits per heavy atom. The highest BCUT2D eigenvalue weighted by Crippen LogP contribution is 2.18. The van der Waals surface area contributed by atoms with Gasteiger partial charge in [-0.05, 0) is 30.0 Å². The minimum atomic E-state index is -0.818. The van der Waals surface area contributed by atoms with Crippen LogP contribution in [0.15, 0.2) is 24.3 Å². The molecule has 1 N–H and O–H groups in total. The summed E-state index contributed by atoms with van der Waals surface area (Å²) in [5.41, 5.74) is 0.897. The van der Waals surface area contributed by atoms with E-state index in [1.165, 1.54) is 0 Å². The molecule has 0 saturated carbocycles. The van der Waals surface area contributed by atoms with Gasteiger partial charge in [-0.15, -0.1) is 0 Å². The van der Waals surface area contributed by atoms with Gasteiger partial charge in [0.1, 0.15) is 6.54 Å². The van der Waals surface area contributed by atoms with Crippen LogP contribution in [-0.2, 0) is 4.79 Å². The van der Waals surface area contributed by atoms with Crippen molar-refractivity contribution in [2.24, 2.45) is 0 Å². The molecule has 0 aliphatic carbocycles. The Hall–Kier alpha value is -0.870. The quantitative estimate of drug-likeness (QED) is 0.776. The number of aliphatic carboxylic acids is 1. The minimum absolute atomic E-state index is 0.0197. The molecule has 0 radical (unpaired) electrons. The molecule has 5 heteroatoms. The number of carboxylic acids is 1. The fourth-order valence-corrected chi connectivity index (χ4v) is 2.20. The van der Waals surface area contributed by atoms with Crippen LogP contribution in [0, 0.1) is 0 Å². The van der Waals surface area contributed by atoms with Crippen LogP contribution >= 0.6 is 23.4 Å². The topological polar surface area (TPSA) is 40.5 Å². The summed E-state index contributed by atoms with van der Waals surface area (Å²) in [6.07, 6.45) is 0. The number of halogens is 1. The number of nitrogens with zero attached hydrogens (tertiary/aromatic N) is 1. The molecule has 0 aromatic heterocycles. The number of thioether (sulfide) groups is 1. The van der Waals surface area contributed by atoms with Crippen molar-refractivity contribution < 1.29 is 9.90 Å². The zero-order valence-electron chi connectivity index (χ0n) is 9.73. The van der Waals surface area contributed by atoms with E-state index in [1.54, 1.807) is 23.9 Å². The van der Waals surface area contributed by atoms with E-state index in [-0.39, 0.29) is 6.54 Å². The highest BCUT2D eigenvalue weighted by Gasteiger charge is 2.10. The third-order valence-electron chi connectivity index (χ3n) is 2.23. The van der Waals surface area contributed by atoms with E-state index in [0.717, 1.165) is 23.7 Å². The Bertz CT molecular complexity index is 356. The molecule has 0 aliphatic heterocycles. The first kappa shape index (κ1) is 14.2. The molecule has 0 fully saturated rings. The molecule has 3 nitrogen and oxygen atoms in total. The van der Waals surface area contributed by atoms with Crippen molar-refractivity contribution in [3.05, 3.63) is 29.3 Å². The molecule has 0 saturated heterocycles. The largest absolute Gasteiger partial charge is 0.480 e. The summed E-state index contributed by atoms with van der Waals surface area (Å²) in [6.45, 7) is 2.84. The van der Waals surface area contributed by atoms with Crippen LogP contribution in [0.1, 0.15) is 6.92 Å². The molecule has 17 heavy (non-hydrogen) atoms. The summed E-state index contributed by atoms with van der Waals surface area (Å²) >= 11 is 7.61. The molecule has 0 amide bonds. The zero-order chi connectivity index (χ0) is 12.7. The first-order valence-corrected chi connectivity index (χ1v) is 6.96. The molecular weight excluding hydrogens is 258 g/mol. The van der Waals surface area contributed by atoms with Crippen molar-refractivity contribution >= 4 is 35.0 Å². The van der Waals surface area contributed by atoms with Gasteiger partial charge in [0.15, 0.2) is 0 Å². The van der Waals surface area contributed by atoms with Crippen LogP contribution in [0.25, 0.3) is 0 Å². The lowest BCUT2D eigenvalue weighted by atomic mass is 10.3. The zero-order valence-corrected chi connectivity index (χ0v) is 11.3. The number of hydrogen-bond donors (Lipinski definition) is 1. The molecule has 1 rings (SSSR count). The van der Waals surface area contributed by atoms with E-state index in [2.05, 4.69) is 6.92 Å². The van der Waals surface area contributed by atoms with Crippen molar-refractivity contribution in [2.45, 2.75) is 6.92 Å². The second kappa shape index (κ2) is 7.45. The number of carboxylic acid groups (broad SMARTS) is 1.